The number of hydrogen-bond donors (Lipinski definition) is 1. The zero-order valence-corrected chi connectivity index (χ0v) is 28.8. The Morgan fingerprint density at radius 3 is 2.39 bits per heavy atom. The van der Waals surface area contributed by atoms with E-state index in [-0.39, 0.29) is 37.3 Å². The number of esters is 1. The second-order valence-electron chi connectivity index (χ2n) is 13.4. The van der Waals surface area contributed by atoms with Crippen LogP contribution in [0.3, 0.4) is 0 Å². The van der Waals surface area contributed by atoms with Gasteiger partial charge in [0.1, 0.15) is 17.7 Å². The fraction of sp³-hybridized carbons (Fsp3) is 0.487. The third kappa shape index (κ3) is 6.81. The Kier molecular flexibility index (Phi) is 11.4. The molecular formula is C39H49N3O7. The summed E-state index contributed by atoms with van der Waals surface area (Å²) in [5, 5.41) is 10.4. The molecule has 3 heterocycles. The maximum atomic E-state index is 14.7. The van der Waals surface area contributed by atoms with Gasteiger partial charge in [0.05, 0.1) is 36.6 Å². The topological polar surface area (TPSA) is 117 Å². The van der Waals surface area contributed by atoms with Crippen LogP contribution in [0.2, 0.25) is 0 Å². The van der Waals surface area contributed by atoms with Crippen LogP contribution in [0.5, 0.6) is 0 Å². The maximum Gasteiger partial charge on any atom is 0.313 e. The highest BCUT2D eigenvalue weighted by Crippen LogP contribution is 2.59. The Hall–Kier alpha value is -4.28. The van der Waals surface area contributed by atoms with E-state index in [9.17, 15) is 24.3 Å². The summed E-state index contributed by atoms with van der Waals surface area (Å²) in [6.45, 7) is 11.5. The summed E-state index contributed by atoms with van der Waals surface area (Å²) in [4.78, 5) is 61.3. The highest BCUT2D eigenvalue weighted by molar-refractivity contribution is 5.98. The smallest absolute Gasteiger partial charge is 0.313 e. The molecule has 10 nitrogen and oxygen atoms in total. The molecule has 3 amide bonds. The Bertz CT molecular complexity index is 1510. The number of amides is 3. The summed E-state index contributed by atoms with van der Waals surface area (Å²) >= 11 is 0. The van der Waals surface area contributed by atoms with Crippen LogP contribution in [-0.2, 0) is 35.2 Å². The van der Waals surface area contributed by atoms with Crippen molar-refractivity contribution in [2.24, 2.45) is 11.8 Å². The molecule has 3 aliphatic rings. The van der Waals surface area contributed by atoms with E-state index in [4.69, 9.17) is 9.47 Å². The number of fused-ring (bicyclic) bond motifs is 1. The molecule has 262 valence electrons. The Labute approximate surface area is 289 Å². The Morgan fingerprint density at radius 1 is 1.10 bits per heavy atom. The number of nitrogens with zero attached hydrogens (tertiary/aromatic N) is 3. The number of carbonyl (C=O) groups excluding carboxylic acids is 4. The van der Waals surface area contributed by atoms with Crippen LogP contribution < -0.4 is 0 Å². The van der Waals surface area contributed by atoms with Crippen LogP contribution >= 0.6 is 0 Å². The van der Waals surface area contributed by atoms with Gasteiger partial charge in [-0.1, -0.05) is 79.7 Å². The van der Waals surface area contributed by atoms with Gasteiger partial charge in [-0.15, -0.1) is 13.2 Å². The number of likely N-dealkylation sites (tertiary alicyclic amines) is 1. The number of benzene rings is 2. The first kappa shape index (κ1) is 36.0. The van der Waals surface area contributed by atoms with Gasteiger partial charge in [0.15, 0.2) is 0 Å². The number of aliphatic hydroxyl groups excluding tert-OH is 1. The Balaban J connectivity index is 1.48. The normalized spacial score (nSPS) is 25.6. The van der Waals surface area contributed by atoms with Crippen molar-refractivity contribution >= 4 is 23.7 Å². The highest BCUT2D eigenvalue weighted by Gasteiger charge is 2.75. The van der Waals surface area contributed by atoms with Crippen molar-refractivity contribution in [3.05, 3.63) is 97.1 Å². The summed E-state index contributed by atoms with van der Waals surface area (Å²) in [6.07, 6.45) is 4.01. The van der Waals surface area contributed by atoms with E-state index < -0.39 is 53.7 Å². The van der Waals surface area contributed by atoms with Crippen LogP contribution in [-0.4, -0.2) is 93.5 Å². The number of carbonyl (C=O) groups is 4. The first-order valence-corrected chi connectivity index (χ1v) is 17.3. The molecule has 10 heteroatoms. The van der Waals surface area contributed by atoms with Crippen molar-refractivity contribution in [3.8, 4) is 0 Å². The second kappa shape index (κ2) is 15.5. The molecule has 3 saturated heterocycles. The maximum absolute atomic E-state index is 14.7. The lowest BCUT2D eigenvalue weighted by Crippen LogP contribution is -2.58. The molecule has 1 N–H and O–H groups in total. The van der Waals surface area contributed by atoms with E-state index in [1.54, 1.807) is 29.0 Å². The lowest BCUT2D eigenvalue weighted by atomic mass is 9.70. The predicted molar refractivity (Wildman–Crippen MR) is 185 cm³/mol. The van der Waals surface area contributed by atoms with Gasteiger partial charge < -0.3 is 29.3 Å². The molecule has 0 saturated carbocycles. The molecule has 0 unspecified atom stereocenters. The van der Waals surface area contributed by atoms with E-state index in [1.807, 2.05) is 74.5 Å². The zero-order chi connectivity index (χ0) is 35.3. The monoisotopic (exact) mass is 671 g/mol. The average Bonchev–Trinajstić information content (AvgIpc) is 3.77. The van der Waals surface area contributed by atoms with Gasteiger partial charge >= 0.3 is 5.97 Å². The van der Waals surface area contributed by atoms with Crippen LogP contribution in [0.4, 0.5) is 0 Å². The van der Waals surface area contributed by atoms with Crippen molar-refractivity contribution in [2.75, 3.05) is 20.2 Å². The first-order chi connectivity index (χ1) is 23.6. The van der Waals surface area contributed by atoms with Gasteiger partial charge in [-0.25, -0.2) is 0 Å². The molecule has 0 aromatic heterocycles. The number of hydrogen-bond acceptors (Lipinski definition) is 7. The van der Waals surface area contributed by atoms with Crippen molar-refractivity contribution in [2.45, 2.75) is 88.4 Å². The van der Waals surface area contributed by atoms with Gasteiger partial charge in [-0.2, -0.15) is 0 Å². The molecule has 1 spiro atoms. The number of ether oxygens (including phenoxy) is 2. The molecule has 2 bridgehead atoms. The van der Waals surface area contributed by atoms with Crippen molar-refractivity contribution < 1.29 is 33.8 Å². The SMILES string of the molecule is C=CCCC(=O)N(C)[C@H](C)[C@H](OC(=O)[C@@H]1[C@@H]2CC[C@]3(O2)[C@H](C(=O)N(CC=C)Cc2ccccc2)N([C@@H](CC)CO)C(=O)[C@@H]13)c1ccccc1. The van der Waals surface area contributed by atoms with Crippen molar-refractivity contribution in [1.82, 2.24) is 14.7 Å². The summed E-state index contributed by atoms with van der Waals surface area (Å²) in [5.74, 6) is -3.33. The minimum atomic E-state index is -1.26. The van der Waals surface area contributed by atoms with E-state index in [1.165, 1.54) is 4.90 Å². The fourth-order valence-electron chi connectivity index (χ4n) is 7.93. The molecule has 49 heavy (non-hydrogen) atoms. The number of allylic oxidation sites excluding steroid dienone is 1. The molecule has 2 aromatic rings. The summed E-state index contributed by atoms with van der Waals surface area (Å²) < 4.78 is 13.0. The molecule has 3 aliphatic heterocycles. The van der Waals surface area contributed by atoms with Gasteiger partial charge in [0.25, 0.3) is 0 Å². The summed E-state index contributed by atoms with van der Waals surface area (Å²) in [5.41, 5.74) is 0.376. The number of rotatable bonds is 16. The molecule has 3 fully saturated rings. The summed E-state index contributed by atoms with van der Waals surface area (Å²) in [7, 11) is 1.69. The van der Waals surface area contributed by atoms with Crippen LogP contribution in [0.1, 0.15) is 63.2 Å². The largest absolute Gasteiger partial charge is 0.455 e. The van der Waals surface area contributed by atoms with Gasteiger partial charge in [0.2, 0.25) is 17.7 Å². The van der Waals surface area contributed by atoms with Crippen molar-refractivity contribution in [3.63, 3.8) is 0 Å². The standard InChI is InChI=1S/C39H49N3O7/c1-6-9-20-31(44)40(5)26(4)34(28-18-14-11-15-19-28)48-38(47)32-30-21-22-39(49-30)33(32)36(45)42(29(8-3)25-43)35(39)37(46)41(23-7-2)24-27-16-12-10-13-17-27/h6-7,10-19,26,29-30,32-35,43H,1-2,8-9,20-25H2,3-5H3/t26-,29+,30+,32-,33-,34+,35+,39-/m1/s1. The molecular weight excluding hydrogens is 622 g/mol. The lowest BCUT2D eigenvalue weighted by molar-refractivity contribution is -0.165. The van der Waals surface area contributed by atoms with Crippen LogP contribution in [0.15, 0.2) is 86.0 Å². The van der Waals surface area contributed by atoms with Gasteiger partial charge in [-0.3, -0.25) is 19.2 Å². The minimum Gasteiger partial charge on any atom is -0.455 e. The Morgan fingerprint density at radius 2 is 1.78 bits per heavy atom. The minimum absolute atomic E-state index is 0.108. The molecule has 2 aromatic carbocycles. The van der Waals surface area contributed by atoms with Crippen LogP contribution in [0.25, 0.3) is 0 Å². The third-order valence-electron chi connectivity index (χ3n) is 10.6. The molecule has 8 atom stereocenters. The molecule has 0 aliphatic carbocycles. The average molecular weight is 672 g/mol. The van der Waals surface area contributed by atoms with Gasteiger partial charge in [-0.05, 0) is 43.7 Å². The van der Waals surface area contributed by atoms with Crippen LogP contribution in [0, 0.1) is 11.8 Å². The molecule has 5 rings (SSSR count). The zero-order valence-electron chi connectivity index (χ0n) is 28.8. The second-order valence-corrected chi connectivity index (χ2v) is 13.4. The van der Waals surface area contributed by atoms with Crippen molar-refractivity contribution in [1.29, 1.82) is 0 Å². The first-order valence-electron chi connectivity index (χ1n) is 17.3. The number of likely N-dealkylation sites (N-methyl/N-ethyl adjacent to an activating group) is 1. The third-order valence-corrected chi connectivity index (χ3v) is 10.6. The summed E-state index contributed by atoms with van der Waals surface area (Å²) in [6, 6.07) is 16.6. The van der Waals surface area contributed by atoms with E-state index in [2.05, 4.69) is 13.2 Å². The quantitative estimate of drug-likeness (QED) is 0.207. The van der Waals surface area contributed by atoms with E-state index in [0.717, 1.165) is 5.56 Å². The van der Waals surface area contributed by atoms with Gasteiger partial charge in [0, 0.05) is 26.6 Å². The predicted octanol–water partition coefficient (Wildman–Crippen LogP) is 4.44. The number of aliphatic hydroxyl groups is 1. The fourth-order valence-corrected chi connectivity index (χ4v) is 7.93. The van der Waals surface area contributed by atoms with E-state index in [0.29, 0.717) is 37.8 Å². The van der Waals surface area contributed by atoms with E-state index >= 15 is 0 Å². The lowest BCUT2D eigenvalue weighted by Gasteiger charge is -2.39. The highest BCUT2D eigenvalue weighted by atomic mass is 16.6. The molecule has 0 radical (unpaired) electrons.